The van der Waals surface area contributed by atoms with Crippen molar-refractivity contribution in [2.24, 2.45) is 0 Å². The van der Waals surface area contributed by atoms with Crippen molar-refractivity contribution in [3.8, 4) is 0 Å². The molecule has 0 aliphatic carbocycles. The van der Waals surface area contributed by atoms with Crippen molar-refractivity contribution in [2.45, 2.75) is 0 Å². The van der Waals surface area contributed by atoms with Gasteiger partial charge in [-0.2, -0.15) is 0 Å². The monoisotopic (exact) mass is 418 g/mol. The van der Waals surface area contributed by atoms with Crippen molar-refractivity contribution < 1.29 is 9.59 Å². The van der Waals surface area contributed by atoms with Crippen molar-refractivity contribution in [1.29, 1.82) is 5.41 Å². The van der Waals surface area contributed by atoms with Crippen LogP contribution in [0.25, 0.3) is 0 Å². The Kier molecular flexibility index (Phi) is 5.50. The first-order chi connectivity index (χ1) is 14.5. The summed E-state index contributed by atoms with van der Waals surface area (Å²) < 4.78 is 0. The third kappa shape index (κ3) is 4.50. The molecular weight excluding hydrogens is 400 g/mol. The first-order valence-electron chi connectivity index (χ1n) is 9.42. The summed E-state index contributed by atoms with van der Waals surface area (Å²) in [4.78, 5) is 27.3. The van der Waals surface area contributed by atoms with Crippen LogP contribution in [0.4, 0.5) is 11.4 Å². The molecule has 1 saturated heterocycles. The highest BCUT2D eigenvalue weighted by atomic mass is 35.5. The molecule has 30 heavy (non-hydrogen) atoms. The predicted octanol–water partition coefficient (Wildman–Crippen LogP) is 4.49. The van der Waals surface area contributed by atoms with Crippen LogP contribution in [0, 0.1) is 5.41 Å². The molecule has 1 aliphatic rings. The zero-order valence-electron chi connectivity index (χ0n) is 16.0. The number of nitrogens with one attached hydrogen (secondary N) is 3. The summed E-state index contributed by atoms with van der Waals surface area (Å²) in [6.07, 6.45) is 0. The Bertz CT molecular complexity index is 1110. The third-order valence-electron chi connectivity index (χ3n) is 4.71. The van der Waals surface area contributed by atoms with Gasteiger partial charge in [0.1, 0.15) is 5.84 Å². The molecule has 7 heteroatoms. The van der Waals surface area contributed by atoms with E-state index in [2.05, 4.69) is 10.6 Å². The molecule has 1 aliphatic heterocycles. The molecule has 2 amide bonds. The molecule has 0 atom stereocenters. The largest absolute Gasteiger partial charge is 0.353 e. The number of amidine groups is 1. The Morgan fingerprint density at radius 2 is 1.43 bits per heavy atom. The molecular formula is C23H19ClN4O2. The zero-order valence-corrected chi connectivity index (χ0v) is 16.7. The molecule has 3 aromatic carbocycles. The standard InChI is InChI=1S/C23H19ClN4O2/c24-17-9-11-18(12-10-17)26-23(30)19-3-1-2-4-20(19)27-22(29)16-7-5-15(6-8-16)21(25)28-13-14-28/h1-12,25H,13-14H2,(H,26,30)(H,27,29). The zero-order chi connectivity index (χ0) is 21.1. The Morgan fingerprint density at radius 1 is 0.800 bits per heavy atom. The average Bonchev–Trinajstić information content (AvgIpc) is 3.61. The molecule has 0 aromatic heterocycles. The fourth-order valence-corrected chi connectivity index (χ4v) is 3.08. The molecule has 0 unspecified atom stereocenters. The summed E-state index contributed by atoms with van der Waals surface area (Å²) in [7, 11) is 0. The Hall–Kier alpha value is -3.64. The lowest BCUT2D eigenvalue weighted by molar-refractivity contribution is 0.102. The maximum Gasteiger partial charge on any atom is 0.257 e. The first kappa shape index (κ1) is 19.7. The van der Waals surface area contributed by atoms with Gasteiger partial charge in [0.2, 0.25) is 0 Å². The highest BCUT2D eigenvalue weighted by Gasteiger charge is 2.22. The minimum Gasteiger partial charge on any atom is -0.353 e. The van der Waals surface area contributed by atoms with Gasteiger partial charge >= 0.3 is 0 Å². The van der Waals surface area contributed by atoms with Crippen molar-refractivity contribution >= 4 is 40.6 Å². The molecule has 6 nitrogen and oxygen atoms in total. The lowest BCUT2D eigenvalue weighted by atomic mass is 10.1. The van der Waals surface area contributed by atoms with Gasteiger partial charge in [-0.15, -0.1) is 0 Å². The number of nitrogens with zero attached hydrogens (tertiary/aromatic N) is 1. The van der Waals surface area contributed by atoms with Gasteiger partial charge in [0.15, 0.2) is 0 Å². The van der Waals surface area contributed by atoms with Gasteiger partial charge in [0.05, 0.1) is 11.3 Å². The van der Waals surface area contributed by atoms with Gasteiger partial charge in [-0.25, -0.2) is 0 Å². The summed E-state index contributed by atoms with van der Waals surface area (Å²) >= 11 is 5.88. The summed E-state index contributed by atoms with van der Waals surface area (Å²) in [5.41, 5.74) is 2.59. The molecule has 3 aromatic rings. The minimum absolute atomic E-state index is 0.327. The van der Waals surface area contributed by atoms with Crippen LogP contribution >= 0.6 is 11.6 Å². The summed E-state index contributed by atoms with van der Waals surface area (Å²) in [6.45, 7) is 1.80. The van der Waals surface area contributed by atoms with Crippen LogP contribution in [-0.2, 0) is 0 Å². The molecule has 4 rings (SSSR count). The number of hydrogen-bond acceptors (Lipinski definition) is 3. The highest BCUT2D eigenvalue weighted by Crippen LogP contribution is 2.20. The molecule has 0 radical (unpaired) electrons. The van der Waals surface area contributed by atoms with Crippen LogP contribution in [0.2, 0.25) is 5.02 Å². The van der Waals surface area contributed by atoms with Crippen LogP contribution < -0.4 is 10.6 Å². The normalized spacial score (nSPS) is 12.2. The molecule has 0 saturated carbocycles. The number of amides is 2. The van der Waals surface area contributed by atoms with E-state index in [0.29, 0.717) is 33.4 Å². The molecule has 0 bridgehead atoms. The number of carbonyl (C=O) groups excluding carboxylic acids is 2. The Morgan fingerprint density at radius 3 is 2.10 bits per heavy atom. The number of halogens is 1. The number of carbonyl (C=O) groups is 2. The van der Waals surface area contributed by atoms with Gasteiger partial charge in [-0.1, -0.05) is 35.9 Å². The highest BCUT2D eigenvalue weighted by molar-refractivity contribution is 6.30. The van der Waals surface area contributed by atoms with E-state index in [0.717, 1.165) is 18.7 Å². The molecule has 150 valence electrons. The first-order valence-corrected chi connectivity index (χ1v) is 9.80. The van der Waals surface area contributed by atoms with E-state index in [1.807, 2.05) is 4.90 Å². The molecule has 3 N–H and O–H groups in total. The second kappa shape index (κ2) is 8.39. The van der Waals surface area contributed by atoms with Gasteiger partial charge in [-0.05, 0) is 48.5 Å². The minimum atomic E-state index is -0.337. The molecule has 0 spiro atoms. The van der Waals surface area contributed by atoms with Crippen molar-refractivity contribution in [1.82, 2.24) is 4.90 Å². The van der Waals surface area contributed by atoms with Crippen molar-refractivity contribution in [3.63, 3.8) is 0 Å². The number of hydrogen-bond donors (Lipinski definition) is 3. The second-order valence-electron chi connectivity index (χ2n) is 6.87. The Labute approximate surface area is 179 Å². The van der Waals surface area contributed by atoms with E-state index in [9.17, 15) is 9.59 Å². The fraction of sp³-hybridized carbons (Fsp3) is 0.0870. The van der Waals surface area contributed by atoms with E-state index in [1.54, 1.807) is 72.8 Å². The maximum absolute atomic E-state index is 12.7. The number of para-hydroxylation sites is 1. The van der Waals surface area contributed by atoms with Gasteiger partial charge < -0.3 is 15.5 Å². The lowest BCUT2D eigenvalue weighted by Gasteiger charge is -2.12. The van der Waals surface area contributed by atoms with Crippen LogP contribution in [0.3, 0.4) is 0 Å². The van der Waals surface area contributed by atoms with E-state index >= 15 is 0 Å². The van der Waals surface area contributed by atoms with E-state index < -0.39 is 0 Å². The summed E-state index contributed by atoms with van der Waals surface area (Å²) in [5, 5.41) is 14.2. The van der Waals surface area contributed by atoms with Crippen LogP contribution in [0.1, 0.15) is 26.3 Å². The van der Waals surface area contributed by atoms with E-state index in [1.165, 1.54) is 0 Å². The van der Waals surface area contributed by atoms with Gasteiger partial charge in [0, 0.05) is 34.9 Å². The van der Waals surface area contributed by atoms with Crippen LogP contribution in [0.5, 0.6) is 0 Å². The van der Waals surface area contributed by atoms with Crippen LogP contribution in [0.15, 0.2) is 72.8 Å². The number of benzene rings is 3. The third-order valence-corrected chi connectivity index (χ3v) is 4.96. The average molecular weight is 419 g/mol. The summed E-state index contributed by atoms with van der Waals surface area (Å²) in [5.74, 6) is -0.201. The van der Waals surface area contributed by atoms with Crippen molar-refractivity contribution in [2.75, 3.05) is 23.7 Å². The molecule has 1 fully saturated rings. The number of anilines is 2. The second-order valence-corrected chi connectivity index (χ2v) is 7.31. The maximum atomic E-state index is 12.7. The number of rotatable bonds is 5. The fourth-order valence-electron chi connectivity index (χ4n) is 2.95. The van der Waals surface area contributed by atoms with E-state index in [4.69, 9.17) is 17.0 Å². The van der Waals surface area contributed by atoms with E-state index in [-0.39, 0.29) is 11.8 Å². The topological polar surface area (TPSA) is 85.1 Å². The lowest BCUT2D eigenvalue weighted by Crippen LogP contribution is -2.18. The van der Waals surface area contributed by atoms with Gasteiger partial charge in [-0.3, -0.25) is 15.0 Å². The smallest absolute Gasteiger partial charge is 0.257 e. The summed E-state index contributed by atoms with van der Waals surface area (Å²) in [6, 6.07) is 20.5. The molecule has 1 heterocycles. The predicted molar refractivity (Wildman–Crippen MR) is 119 cm³/mol. The van der Waals surface area contributed by atoms with Crippen LogP contribution in [-0.4, -0.2) is 35.6 Å². The Balaban J connectivity index is 1.47. The SMILES string of the molecule is N=C(c1ccc(C(=O)Nc2ccccc2C(=O)Nc2ccc(Cl)cc2)cc1)N1CC1. The van der Waals surface area contributed by atoms with Crippen molar-refractivity contribution in [3.05, 3.63) is 94.5 Å². The quantitative estimate of drug-likeness (QED) is 0.324. The van der Waals surface area contributed by atoms with Gasteiger partial charge in [0.25, 0.3) is 11.8 Å².